The van der Waals surface area contributed by atoms with Gasteiger partial charge >= 0.3 is 0 Å². The number of carbonyl (C=O) groups is 3. The topological polar surface area (TPSA) is 165 Å². The molecule has 2 aromatic carbocycles. The molecule has 1 unspecified atom stereocenters. The number of methoxy groups -OCH3 is 1. The Bertz CT molecular complexity index is 1460. The number of hydrogen-bond donors (Lipinski definition) is 4. The molecule has 0 amide bonds. The van der Waals surface area contributed by atoms with Crippen molar-refractivity contribution in [3.8, 4) is 17.2 Å². The van der Waals surface area contributed by atoms with E-state index in [-0.39, 0.29) is 70.4 Å². The predicted molar refractivity (Wildman–Crippen MR) is 146 cm³/mol. The summed E-state index contributed by atoms with van der Waals surface area (Å²) in [5, 5.41) is 36.6. The lowest BCUT2D eigenvalue weighted by molar-refractivity contribution is -0.710. The van der Waals surface area contributed by atoms with E-state index in [1.807, 2.05) is 6.92 Å². The first-order valence-corrected chi connectivity index (χ1v) is 14.4. The molecule has 0 aromatic heterocycles. The number of hydrogen-bond acceptors (Lipinski definition) is 10. The standard InChI is InChI=1S/C31H35NO10/c1-14-18(41-21-8-5-11-32-21)9-10-22(40-14)42-20-13-31(38,15(2)33)12-17-24(20)30(37)26-25(28(17)35)27(34)16-6-4-7-19(39-3)23(16)29(26)36/h4,6-7,14,18,20-22,32,35,37-38H,5,8-13H2,1-3H3/p+1/t14-,18-,20-,21?,22-,31-/m0/s1. The van der Waals surface area contributed by atoms with Crippen LogP contribution in [0.15, 0.2) is 18.2 Å². The van der Waals surface area contributed by atoms with E-state index in [4.69, 9.17) is 18.9 Å². The number of fused-ring (bicyclic) bond motifs is 3. The van der Waals surface area contributed by atoms with Crippen molar-refractivity contribution in [1.82, 2.24) is 0 Å². The number of carbonyl (C=O) groups excluding carboxylic acids is 3. The van der Waals surface area contributed by atoms with Crippen molar-refractivity contribution in [3.63, 3.8) is 0 Å². The Morgan fingerprint density at radius 3 is 2.48 bits per heavy atom. The maximum absolute atomic E-state index is 13.8. The number of aromatic hydroxyl groups is 2. The third-order valence-corrected chi connectivity index (χ3v) is 9.10. The molecule has 2 saturated heterocycles. The fourth-order valence-electron chi connectivity index (χ4n) is 6.78. The Kier molecular flexibility index (Phi) is 7.35. The van der Waals surface area contributed by atoms with Crippen LogP contribution in [-0.2, 0) is 25.4 Å². The maximum Gasteiger partial charge on any atom is 0.202 e. The van der Waals surface area contributed by atoms with E-state index in [9.17, 15) is 29.7 Å². The molecular weight excluding hydrogens is 546 g/mol. The summed E-state index contributed by atoms with van der Waals surface area (Å²) in [5.74, 6) is -2.89. The second-order valence-corrected chi connectivity index (χ2v) is 11.7. The fraction of sp³-hybridized carbons (Fsp3) is 0.516. The van der Waals surface area contributed by atoms with Crippen molar-refractivity contribution in [2.45, 2.75) is 88.8 Å². The Hall–Kier alpha value is -3.35. The first kappa shape index (κ1) is 28.8. The number of ketones is 3. The Morgan fingerprint density at radius 1 is 1.05 bits per heavy atom. The second-order valence-electron chi connectivity index (χ2n) is 11.7. The Morgan fingerprint density at radius 2 is 1.81 bits per heavy atom. The molecule has 6 atom stereocenters. The summed E-state index contributed by atoms with van der Waals surface area (Å²) in [4.78, 5) is 40.0. The molecule has 2 fully saturated rings. The minimum absolute atomic E-state index is 0.0171. The lowest BCUT2D eigenvalue weighted by Gasteiger charge is -2.41. The SMILES string of the molecule is COc1cccc2c1C(=O)c1c(O)c3c(c(O)c1C2=O)C[C@@](O)(C(C)=O)C[C@@H]3O[C@H]1CC[C@H](OC2CCC[NH2+]2)[C@H](C)O1. The van der Waals surface area contributed by atoms with Crippen LogP contribution in [0, 0.1) is 0 Å². The van der Waals surface area contributed by atoms with Crippen LogP contribution in [0.2, 0.25) is 0 Å². The van der Waals surface area contributed by atoms with Gasteiger partial charge in [0.05, 0.1) is 48.7 Å². The van der Waals surface area contributed by atoms with Gasteiger partial charge in [-0.15, -0.1) is 0 Å². The first-order valence-electron chi connectivity index (χ1n) is 14.4. The summed E-state index contributed by atoms with van der Waals surface area (Å²) in [6.45, 7) is 4.16. The fourth-order valence-corrected chi connectivity index (χ4v) is 6.78. The number of Topliss-reactive ketones (excluding diaryl/α,β-unsaturated/α-hetero) is 1. The van der Waals surface area contributed by atoms with Gasteiger partial charge in [0.1, 0.15) is 22.8 Å². The minimum Gasteiger partial charge on any atom is -0.507 e. The molecule has 0 radical (unpaired) electrons. The lowest BCUT2D eigenvalue weighted by Crippen LogP contribution is -2.87. The van der Waals surface area contributed by atoms with Crippen LogP contribution in [0.25, 0.3) is 0 Å². The van der Waals surface area contributed by atoms with Gasteiger partial charge in [0.15, 0.2) is 24.1 Å². The molecule has 11 heteroatoms. The second kappa shape index (κ2) is 10.7. The van der Waals surface area contributed by atoms with Crippen LogP contribution in [0.5, 0.6) is 17.2 Å². The van der Waals surface area contributed by atoms with Crippen molar-refractivity contribution in [2.75, 3.05) is 13.7 Å². The largest absolute Gasteiger partial charge is 0.507 e. The maximum atomic E-state index is 13.8. The Labute approximate surface area is 242 Å². The van der Waals surface area contributed by atoms with Crippen LogP contribution in [0.3, 0.4) is 0 Å². The zero-order valence-electron chi connectivity index (χ0n) is 23.8. The van der Waals surface area contributed by atoms with Gasteiger partial charge in [-0.3, -0.25) is 14.4 Å². The highest BCUT2D eigenvalue weighted by atomic mass is 16.7. The summed E-state index contributed by atoms with van der Waals surface area (Å²) in [6, 6.07) is 4.53. The summed E-state index contributed by atoms with van der Waals surface area (Å²) < 4.78 is 24.0. The van der Waals surface area contributed by atoms with Crippen molar-refractivity contribution < 1.29 is 54.0 Å². The van der Waals surface area contributed by atoms with Crippen molar-refractivity contribution in [3.05, 3.63) is 51.6 Å². The summed E-state index contributed by atoms with van der Waals surface area (Å²) >= 11 is 0. The van der Waals surface area contributed by atoms with Crippen LogP contribution < -0.4 is 10.1 Å². The van der Waals surface area contributed by atoms with Gasteiger partial charge in [0.25, 0.3) is 0 Å². The van der Waals surface area contributed by atoms with E-state index >= 15 is 0 Å². The predicted octanol–water partition coefficient (Wildman–Crippen LogP) is 1.80. The van der Waals surface area contributed by atoms with E-state index in [0.717, 1.165) is 19.4 Å². The molecule has 2 aliphatic carbocycles. The molecule has 0 spiro atoms. The van der Waals surface area contributed by atoms with Gasteiger partial charge < -0.3 is 39.6 Å². The van der Waals surface area contributed by atoms with E-state index < -0.39 is 46.8 Å². The van der Waals surface area contributed by atoms with Crippen LogP contribution in [0.4, 0.5) is 0 Å². The summed E-state index contributed by atoms with van der Waals surface area (Å²) in [7, 11) is 1.37. The quantitative estimate of drug-likeness (QED) is 0.315. The number of benzene rings is 2. The molecule has 4 aliphatic rings. The zero-order valence-corrected chi connectivity index (χ0v) is 23.8. The molecule has 2 heterocycles. The highest BCUT2D eigenvalue weighted by Crippen LogP contribution is 2.52. The average molecular weight is 583 g/mol. The number of ether oxygens (including phenoxy) is 4. The highest BCUT2D eigenvalue weighted by Gasteiger charge is 2.49. The van der Waals surface area contributed by atoms with Gasteiger partial charge in [-0.1, -0.05) is 12.1 Å². The van der Waals surface area contributed by atoms with E-state index in [1.54, 1.807) is 6.07 Å². The monoisotopic (exact) mass is 582 g/mol. The van der Waals surface area contributed by atoms with E-state index in [2.05, 4.69) is 5.32 Å². The molecule has 42 heavy (non-hydrogen) atoms. The number of aliphatic hydroxyl groups is 1. The molecule has 0 saturated carbocycles. The molecule has 6 rings (SSSR count). The lowest BCUT2D eigenvalue weighted by atomic mass is 9.72. The number of quaternary nitrogens is 1. The molecular formula is C31H36NO10+. The molecule has 5 N–H and O–H groups in total. The van der Waals surface area contributed by atoms with Crippen LogP contribution in [-0.4, -0.2) is 76.7 Å². The van der Waals surface area contributed by atoms with Crippen LogP contribution >= 0.6 is 0 Å². The number of phenolic OH excluding ortho intramolecular Hbond substituents is 2. The highest BCUT2D eigenvalue weighted by molar-refractivity contribution is 6.31. The van der Waals surface area contributed by atoms with Crippen molar-refractivity contribution in [2.24, 2.45) is 0 Å². The van der Waals surface area contributed by atoms with Crippen molar-refractivity contribution >= 4 is 17.3 Å². The Balaban J connectivity index is 1.38. The summed E-state index contributed by atoms with van der Waals surface area (Å²) in [5.41, 5.74) is -2.66. The summed E-state index contributed by atoms with van der Waals surface area (Å²) in [6.07, 6.45) is 0.352. The minimum atomic E-state index is -1.94. The molecule has 2 aromatic rings. The van der Waals surface area contributed by atoms with Crippen LogP contribution in [0.1, 0.15) is 95.0 Å². The smallest absolute Gasteiger partial charge is 0.202 e. The first-order chi connectivity index (χ1) is 20.0. The third-order valence-electron chi connectivity index (χ3n) is 9.10. The molecule has 224 valence electrons. The number of phenols is 2. The van der Waals surface area contributed by atoms with Gasteiger partial charge in [-0.2, -0.15) is 0 Å². The van der Waals surface area contributed by atoms with Gasteiger partial charge in [-0.05, 0) is 26.3 Å². The molecule has 2 aliphatic heterocycles. The van der Waals surface area contributed by atoms with Crippen molar-refractivity contribution in [1.29, 1.82) is 0 Å². The van der Waals surface area contributed by atoms with Gasteiger partial charge in [0.2, 0.25) is 5.78 Å². The normalized spacial score (nSPS) is 30.4. The number of rotatable bonds is 6. The van der Waals surface area contributed by atoms with Gasteiger partial charge in [-0.25, -0.2) is 0 Å². The molecule has 11 nitrogen and oxygen atoms in total. The van der Waals surface area contributed by atoms with E-state index in [1.165, 1.54) is 26.2 Å². The van der Waals surface area contributed by atoms with Gasteiger partial charge in [0, 0.05) is 48.8 Å². The van der Waals surface area contributed by atoms with E-state index in [0.29, 0.717) is 12.8 Å². The zero-order chi connectivity index (χ0) is 29.9. The molecule has 0 bridgehead atoms. The number of nitrogens with two attached hydrogens (primary N) is 1. The third kappa shape index (κ3) is 4.60. The average Bonchev–Trinajstić information content (AvgIpc) is 3.47.